The second kappa shape index (κ2) is 3.56. The van der Waals surface area contributed by atoms with E-state index in [4.69, 9.17) is 4.74 Å². The lowest BCUT2D eigenvalue weighted by Crippen LogP contribution is -2.24. The second-order valence-corrected chi connectivity index (χ2v) is 8.22. The van der Waals surface area contributed by atoms with Crippen molar-refractivity contribution in [2.45, 2.75) is 41.0 Å². The molecule has 90 valence electrons. The maximum absolute atomic E-state index is 11.9. The lowest BCUT2D eigenvalue weighted by molar-refractivity contribution is -0.145. The van der Waals surface area contributed by atoms with Crippen LogP contribution in [0, 0.1) is 11.8 Å². The van der Waals surface area contributed by atoms with Crippen LogP contribution in [0.2, 0.25) is 0 Å². The van der Waals surface area contributed by atoms with E-state index in [0.717, 1.165) is 6.42 Å². The highest BCUT2D eigenvalue weighted by Crippen LogP contribution is 2.76. The zero-order valence-corrected chi connectivity index (χ0v) is 11.0. The molecule has 3 fully saturated rings. The summed E-state index contributed by atoms with van der Waals surface area (Å²) in [4.78, 5) is 11.9. The van der Waals surface area contributed by atoms with Gasteiger partial charge in [0.05, 0.1) is 18.6 Å². The number of hydrogen-bond acceptors (Lipinski definition) is 5. The van der Waals surface area contributed by atoms with Crippen molar-refractivity contribution in [3.05, 3.63) is 0 Å². The van der Waals surface area contributed by atoms with Crippen LogP contribution in [0.3, 0.4) is 0 Å². The first-order valence-corrected chi connectivity index (χ1v) is 7.61. The number of hydrogen-bond donors (Lipinski definition) is 1. The van der Waals surface area contributed by atoms with E-state index in [0.29, 0.717) is 16.4 Å². The molecule has 0 aromatic heterocycles. The summed E-state index contributed by atoms with van der Waals surface area (Å²) in [5.41, 5.74) is 0. The summed E-state index contributed by atoms with van der Waals surface area (Å²) < 4.78 is 5.67. The Morgan fingerprint density at radius 3 is 3.06 bits per heavy atom. The molecule has 1 heterocycles. The summed E-state index contributed by atoms with van der Waals surface area (Å²) in [6, 6.07) is 0. The van der Waals surface area contributed by atoms with Gasteiger partial charge in [-0.05, 0) is 20.3 Å². The molecule has 6 unspecified atom stereocenters. The summed E-state index contributed by atoms with van der Waals surface area (Å²) in [6.07, 6.45) is 0.551. The van der Waals surface area contributed by atoms with Crippen molar-refractivity contribution in [1.29, 1.82) is 0 Å². The molecule has 3 rings (SSSR count). The average Bonchev–Trinajstić information content (AvgIpc) is 2.64. The number of rotatable bonds is 2. The zero-order chi connectivity index (χ0) is 11.5. The van der Waals surface area contributed by atoms with Crippen LogP contribution in [0.25, 0.3) is 0 Å². The van der Waals surface area contributed by atoms with Gasteiger partial charge in [-0.1, -0.05) is 0 Å². The van der Waals surface area contributed by atoms with Crippen molar-refractivity contribution in [3.8, 4) is 0 Å². The predicted molar refractivity (Wildman–Crippen MR) is 65.4 cm³/mol. The number of ether oxygens (including phenoxy) is 1. The Morgan fingerprint density at radius 1 is 1.62 bits per heavy atom. The molecular formula is C11H16O3S2. The molecule has 0 radical (unpaired) electrons. The van der Waals surface area contributed by atoms with E-state index in [9.17, 15) is 9.90 Å². The van der Waals surface area contributed by atoms with Crippen LogP contribution in [0.1, 0.15) is 20.3 Å². The van der Waals surface area contributed by atoms with Gasteiger partial charge in [-0.25, -0.2) is 0 Å². The SMILES string of the molecule is CCOC(=O)C1C2C(O)CC3SC(C)SC312. The molecule has 2 aliphatic carbocycles. The Labute approximate surface area is 104 Å². The first-order valence-electron chi connectivity index (χ1n) is 5.79. The summed E-state index contributed by atoms with van der Waals surface area (Å²) in [5, 5.41) is 10.4. The summed E-state index contributed by atoms with van der Waals surface area (Å²) in [5.74, 6) is 0.00102. The minimum absolute atomic E-state index is 0.00968. The van der Waals surface area contributed by atoms with Crippen LogP contribution >= 0.6 is 23.5 Å². The van der Waals surface area contributed by atoms with Gasteiger partial charge in [0.2, 0.25) is 0 Å². The van der Waals surface area contributed by atoms with E-state index in [2.05, 4.69) is 6.92 Å². The fourth-order valence-corrected chi connectivity index (χ4v) is 7.74. The topological polar surface area (TPSA) is 46.5 Å². The molecular weight excluding hydrogens is 244 g/mol. The van der Waals surface area contributed by atoms with Crippen molar-refractivity contribution in [1.82, 2.24) is 0 Å². The van der Waals surface area contributed by atoms with Gasteiger partial charge < -0.3 is 9.84 Å². The molecule has 0 amide bonds. The molecule has 1 aliphatic heterocycles. The van der Waals surface area contributed by atoms with Gasteiger partial charge >= 0.3 is 5.97 Å². The molecule has 1 saturated heterocycles. The molecule has 1 N–H and O–H groups in total. The largest absolute Gasteiger partial charge is 0.466 e. The third-order valence-electron chi connectivity index (χ3n) is 3.90. The standard InChI is InChI=1S/C11H16O3S2/c1-3-14-10(13)9-8-6(12)4-7-11(8,9)16-5(2)15-7/h5-9,12H,3-4H2,1-2H3. The number of thioether (sulfide) groups is 2. The van der Waals surface area contributed by atoms with Crippen LogP contribution < -0.4 is 0 Å². The number of esters is 1. The van der Waals surface area contributed by atoms with Crippen LogP contribution in [-0.4, -0.2) is 38.4 Å². The normalized spacial score (nSPS) is 53.3. The van der Waals surface area contributed by atoms with Gasteiger partial charge in [-0.2, -0.15) is 0 Å². The highest BCUT2D eigenvalue weighted by atomic mass is 32.2. The Kier molecular flexibility index (Phi) is 2.50. The third-order valence-corrected chi connectivity index (χ3v) is 7.51. The zero-order valence-electron chi connectivity index (χ0n) is 9.38. The van der Waals surface area contributed by atoms with Crippen molar-refractivity contribution >= 4 is 29.5 Å². The molecule has 0 bridgehead atoms. The minimum atomic E-state index is -0.299. The van der Waals surface area contributed by atoms with Gasteiger partial charge in [-0.3, -0.25) is 4.79 Å². The summed E-state index contributed by atoms with van der Waals surface area (Å²) >= 11 is 3.80. The second-order valence-electron chi connectivity index (χ2n) is 4.72. The number of carbonyl (C=O) groups excluding carboxylic acids is 1. The van der Waals surface area contributed by atoms with Crippen molar-refractivity contribution in [2.24, 2.45) is 11.8 Å². The van der Waals surface area contributed by atoms with Crippen molar-refractivity contribution in [3.63, 3.8) is 0 Å². The first kappa shape index (κ1) is 11.2. The Bertz CT molecular complexity index is 333. The Hall–Kier alpha value is 0.130. The van der Waals surface area contributed by atoms with Crippen LogP contribution in [0.5, 0.6) is 0 Å². The van der Waals surface area contributed by atoms with E-state index in [1.165, 1.54) is 0 Å². The van der Waals surface area contributed by atoms with Crippen molar-refractivity contribution in [2.75, 3.05) is 6.61 Å². The smallest absolute Gasteiger partial charge is 0.310 e. The number of aliphatic hydroxyl groups is 1. The molecule has 0 aromatic carbocycles. The number of carbonyl (C=O) groups is 1. The first-order chi connectivity index (χ1) is 7.61. The van der Waals surface area contributed by atoms with Gasteiger partial charge in [0, 0.05) is 20.5 Å². The highest BCUT2D eigenvalue weighted by molar-refractivity contribution is 8.21. The lowest BCUT2D eigenvalue weighted by atomic mass is 10.1. The molecule has 3 nitrogen and oxygen atoms in total. The summed E-state index contributed by atoms with van der Waals surface area (Å²) in [6.45, 7) is 4.46. The molecule has 2 saturated carbocycles. The predicted octanol–water partition coefficient (Wildman–Crippen LogP) is 1.49. The van der Waals surface area contributed by atoms with Crippen LogP contribution in [-0.2, 0) is 9.53 Å². The molecule has 3 aliphatic rings. The average molecular weight is 260 g/mol. The molecule has 6 atom stereocenters. The van der Waals surface area contributed by atoms with Gasteiger partial charge in [0.1, 0.15) is 0 Å². The monoisotopic (exact) mass is 260 g/mol. The van der Waals surface area contributed by atoms with E-state index < -0.39 is 0 Å². The van der Waals surface area contributed by atoms with Crippen molar-refractivity contribution < 1.29 is 14.6 Å². The Morgan fingerprint density at radius 2 is 2.38 bits per heavy atom. The molecule has 1 spiro atoms. The van der Waals surface area contributed by atoms with E-state index >= 15 is 0 Å². The maximum Gasteiger partial charge on any atom is 0.310 e. The van der Waals surface area contributed by atoms with E-state index in [-0.39, 0.29) is 28.7 Å². The molecule has 16 heavy (non-hydrogen) atoms. The van der Waals surface area contributed by atoms with Gasteiger partial charge in [0.15, 0.2) is 0 Å². The number of aliphatic hydroxyl groups excluding tert-OH is 1. The fraction of sp³-hybridized carbons (Fsp3) is 0.909. The molecule has 5 heteroatoms. The lowest BCUT2D eigenvalue weighted by Gasteiger charge is -2.14. The maximum atomic E-state index is 11.9. The quantitative estimate of drug-likeness (QED) is 0.762. The van der Waals surface area contributed by atoms with Gasteiger partial charge in [0.25, 0.3) is 0 Å². The van der Waals surface area contributed by atoms with Crippen LogP contribution in [0.4, 0.5) is 0 Å². The third kappa shape index (κ3) is 1.25. The fourth-order valence-electron chi connectivity index (χ4n) is 3.40. The van der Waals surface area contributed by atoms with Gasteiger partial charge in [-0.15, -0.1) is 23.5 Å². The minimum Gasteiger partial charge on any atom is -0.466 e. The van der Waals surface area contributed by atoms with Crippen LogP contribution in [0.15, 0.2) is 0 Å². The summed E-state index contributed by atoms with van der Waals surface area (Å²) in [7, 11) is 0. The van der Waals surface area contributed by atoms with E-state index in [1.54, 1.807) is 0 Å². The molecule has 0 aromatic rings. The van der Waals surface area contributed by atoms with E-state index in [1.807, 2.05) is 30.4 Å². The Balaban J connectivity index is 1.82. The highest BCUT2D eigenvalue weighted by Gasteiger charge is 2.81.